The lowest BCUT2D eigenvalue weighted by atomic mass is 9.80. The molecule has 0 amide bonds. The van der Waals surface area contributed by atoms with E-state index in [1.54, 1.807) is 0 Å². The van der Waals surface area contributed by atoms with E-state index in [2.05, 4.69) is 34.4 Å². The van der Waals surface area contributed by atoms with Crippen LogP contribution in [0, 0.1) is 6.92 Å². The smallest absolute Gasteiger partial charge is 0.191 e. The van der Waals surface area contributed by atoms with Gasteiger partial charge in [-0.15, -0.1) is 11.3 Å². The van der Waals surface area contributed by atoms with Gasteiger partial charge < -0.3 is 15.4 Å². The van der Waals surface area contributed by atoms with Gasteiger partial charge in [-0.05, 0) is 26.2 Å². The number of hydrogen-bond donors (Lipinski definition) is 2. The first kappa shape index (κ1) is 21.5. The lowest BCUT2D eigenvalue weighted by Gasteiger charge is -2.48. The fraction of sp³-hybridized carbons (Fsp3) is 0.810. The minimum absolute atomic E-state index is 0.252. The molecule has 0 bridgehead atoms. The van der Waals surface area contributed by atoms with Gasteiger partial charge in [0.15, 0.2) is 5.96 Å². The number of morpholine rings is 1. The number of rotatable bonds is 7. The molecule has 3 rings (SSSR count). The molecule has 1 saturated heterocycles. The van der Waals surface area contributed by atoms with Crippen LogP contribution in [0.3, 0.4) is 0 Å². The van der Waals surface area contributed by atoms with Gasteiger partial charge in [0, 0.05) is 50.1 Å². The van der Waals surface area contributed by atoms with Gasteiger partial charge in [-0.25, -0.2) is 4.98 Å². The van der Waals surface area contributed by atoms with Gasteiger partial charge in [-0.3, -0.25) is 9.89 Å². The van der Waals surface area contributed by atoms with Crippen molar-refractivity contribution in [3.63, 3.8) is 0 Å². The van der Waals surface area contributed by atoms with Crippen LogP contribution >= 0.6 is 11.3 Å². The van der Waals surface area contributed by atoms with Crippen molar-refractivity contribution in [1.29, 1.82) is 0 Å². The number of guanidine groups is 1. The molecular weight excluding hydrogens is 370 g/mol. The van der Waals surface area contributed by atoms with Gasteiger partial charge in [0.2, 0.25) is 0 Å². The molecule has 6 nitrogen and oxygen atoms in total. The predicted molar refractivity (Wildman–Crippen MR) is 118 cm³/mol. The van der Waals surface area contributed by atoms with Gasteiger partial charge >= 0.3 is 0 Å². The molecule has 0 spiro atoms. The summed E-state index contributed by atoms with van der Waals surface area (Å²) in [6.45, 7) is 10.00. The Morgan fingerprint density at radius 3 is 2.61 bits per heavy atom. The molecule has 2 fully saturated rings. The molecule has 1 aliphatic carbocycles. The molecule has 2 aliphatic rings. The number of aromatic nitrogens is 1. The highest BCUT2D eigenvalue weighted by Crippen LogP contribution is 2.33. The summed E-state index contributed by atoms with van der Waals surface area (Å²) < 4.78 is 5.59. The molecule has 1 aromatic heterocycles. The molecule has 2 heterocycles. The minimum Gasteiger partial charge on any atom is -0.379 e. The standard InChI is InChI=1S/C21H37N5OS/c1-4-18-17(2)28-19(25-18)8-11-23-20(22-3)24-16-21(9-6-5-7-10-21)26-12-14-27-15-13-26/h4-16H2,1-3H3,(H2,22,23,24). The molecule has 28 heavy (non-hydrogen) atoms. The molecule has 0 unspecified atom stereocenters. The van der Waals surface area contributed by atoms with Crippen molar-refractivity contribution in [3.8, 4) is 0 Å². The van der Waals surface area contributed by atoms with E-state index < -0.39 is 0 Å². The van der Waals surface area contributed by atoms with Crippen molar-refractivity contribution in [2.24, 2.45) is 4.99 Å². The molecule has 7 heteroatoms. The average Bonchev–Trinajstić information content (AvgIpc) is 3.11. The Morgan fingerprint density at radius 2 is 1.96 bits per heavy atom. The molecule has 0 radical (unpaired) electrons. The van der Waals surface area contributed by atoms with Crippen LogP contribution in [-0.4, -0.2) is 67.8 Å². The van der Waals surface area contributed by atoms with E-state index in [0.717, 1.165) is 58.2 Å². The van der Waals surface area contributed by atoms with Gasteiger partial charge in [0.25, 0.3) is 0 Å². The van der Waals surface area contributed by atoms with Crippen molar-refractivity contribution in [2.75, 3.05) is 46.4 Å². The van der Waals surface area contributed by atoms with E-state index in [0.29, 0.717) is 0 Å². The van der Waals surface area contributed by atoms with Crippen LogP contribution in [0.25, 0.3) is 0 Å². The molecule has 1 aliphatic heterocycles. The van der Waals surface area contributed by atoms with Crippen molar-refractivity contribution in [3.05, 3.63) is 15.6 Å². The zero-order valence-corrected chi connectivity index (χ0v) is 18.7. The molecular formula is C21H37N5OS. The van der Waals surface area contributed by atoms with Crippen molar-refractivity contribution < 1.29 is 4.74 Å². The second-order valence-corrected chi connectivity index (χ2v) is 9.24. The van der Waals surface area contributed by atoms with Crippen LogP contribution < -0.4 is 10.6 Å². The number of nitrogens with one attached hydrogen (secondary N) is 2. The number of hydrogen-bond acceptors (Lipinski definition) is 5. The monoisotopic (exact) mass is 407 g/mol. The highest BCUT2D eigenvalue weighted by Gasteiger charge is 2.38. The van der Waals surface area contributed by atoms with Crippen LogP contribution in [0.15, 0.2) is 4.99 Å². The Bertz CT molecular complexity index is 633. The average molecular weight is 408 g/mol. The van der Waals surface area contributed by atoms with Gasteiger partial charge in [-0.2, -0.15) is 0 Å². The van der Waals surface area contributed by atoms with E-state index in [1.807, 2.05) is 18.4 Å². The Balaban J connectivity index is 1.51. The third-order valence-corrected chi connectivity index (χ3v) is 7.25. The van der Waals surface area contributed by atoms with E-state index in [-0.39, 0.29) is 5.54 Å². The molecule has 158 valence electrons. The number of ether oxygens (including phenoxy) is 1. The molecule has 0 aromatic carbocycles. The lowest BCUT2D eigenvalue weighted by Crippen LogP contribution is -2.60. The Morgan fingerprint density at radius 1 is 1.21 bits per heavy atom. The van der Waals surface area contributed by atoms with Gasteiger partial charge in [0.1, 0.15) is 0 Å². The molecule has 1 aromatic rings. The third kappa shape index (κ3) is 5.45. The molecule has 0 atom stereocenters. The van der Waals surface area contributed by atoms with Crippen molar-refractivity contribution in [1.82, 2.24) is 20.5 Å². The summed E-state index contributed by atoms with van der Waals surface area (Å²) in [6, 6.07) is 0. The maximum Gasteiger partial charge on any atom is 0.191 e. The highest BCUT2D eigenvalue weighted by atomic mass is 32.1. The lowest BCUT2D eigenvalue weighted by molar-refractivity contribution is -0.0352. The first-order valence-corrected chi connectivity index (χ1v) is 11.7. The summed E-state index contributed by atoms with van der Waals surface area (Å²) in [5.41, 5.74) is 1.49. The zero-order chi connectivity index (χ0) is 19.8. The van der Waals surface area contributed by atoms with Gasteiger partial charge in [0.05, 0.1) is 23.9 Å². The van der Waals surface area contributed by atoms with E-state index in [4.69, 9.17) is 9.72 Å². The van der Waals surface area contributed by atoms with E-state index >= 15 is 0 Å². The first-order chi connectivity index (χ1) is 13.7. The molecule has 1 saturated carbocycles. The van der Waals surface area contributed by atoms with Gasteiger partial charge in [-0.1, -0.05) is 26.2 Å². The predicted octanol–water partition coefficient (Wildman–Crippen LogP) is 2.76. The summed E-state index contributed by atoms with van der Waals surface area (Å²) in [7, 11) is 1.86. The maximum atomic E-state index is 5.59. The van der Waals surface area contributed by atoms with Crippen LogP contribution in [0.2, 0.25) is 0 Å². The van der Waals surface area contributed by atoms with Crippen LogP contribution in [-0.2, 0) is 17.6 Å². The second-order valence-electron chi connectivity index (χ2n) is 7.95. The summed E-state index contributed by atoms with van der Waals surface area (Å²) in [6.07, 6.45) is 8.53. The van der Waals surface area contributed by atoms with Crippen LogP contribution in [0.4, 0.5) is 0 Å². The van der Waals surface area contributed by atoms with Crippen molar-refractivity contribution in [2.45, 2.75) is 64.3 Å². The summed E-state index contributed by atoms with van der Waals surface area (Å²) in [5.74, 6) is 0.905. The largest absolute Gasteiger partial charge is 0.379 e. The maximum absolute atomic E-state index is 5.59. The normalized spacial score (nSPS) is 20.9. The first-order valence-electron chi connectivity index (χ1n) is 10.9. The Kier molecular flexibility index (Phi) is 8.11. The second kappa shape index (κ2) is 10.6. The number of aliphatic imine (C=N–C) groups is 1. The number of thiazole rings is 1. The van der Waals surface area contributed by atoms with Crippen molar-refractivity contribution >= 4 is 17.3 Å². The SMILES string of the molecule is CCc1nc(CCNC(=NC)NCC2(N3CCOCC3)CCCCC2)sc1C. The van der Waals surface area contributed by atoms with E-state index in [9.17, 15) is 0 Å². The molecule has 2 N–H and O–H groups in total. The number of nitrogens with zero attached hydrogens (tertiary/aromatic N) is 3. The third-order valence-electron chi connectivity index (χ3n) is 6.18. The Labute approximate surface area is 174 Å². The fourth-order valence-electron chi connectivity index (χ4n) is 4.53. The number of aryl methyl sites for hydroxylation is 2. The summed E-state index contributed by atoms with van der Waals surface area (Å²) >= 11 is 1.82. The topological polar surface area (TPSA) is 61.8 Å². The highest BCUT2D eigenvalue weighted by molar-refractivity contribution is 7.11. The van der Waals surface area contributed by atoms with E-state index in [1.165, 1.54) is 47.7 Å². The summed E-state index contributed by atoms with van der Waals surface area (Å²) in [5, 5.41) is 8.33. The zero-order valence-electron chi connectivity index (χ0n) is 17.9. The summed E-state index contributed by atoms with van der Waals surface area (Å²) in [4.78, 5) is 13.2. The van der Waals surface area contributed by atoms with Crippen LogP contribution in [0.1, 0.15) is 54.6 Å². The Hall–Kier alpha value is -1.18. The minimum atomic E-state index is 0.252. The fourth-order valence-corrected chi connectivity index (χ4v) is 5.55. The quantitative estimate of drug-likeness (QED) is 0.538. The van der Waals surface area contributed by atoms with Crippen LogP contribution in [0.5, 0.6) is 0 Å².